The molecule has 0 saturated heterocycles. The van der Waals surface area contributed by atoms with E-state index >= 15 is 0 Å². The van der Waals surface area contributed by atoms with Gasteiger partial charge in [0.25, 0.3) is 17.5 Å². The van der Waals surface area contributed by atoms with Gasteiger partial charge in [-0.05, 0) is 36.8 Å². The number of nitro benzene ring substituents is 1. The number of rotatable bonds is 9. The number of thiazole rings is 1. The molecular formula is C23H20N4O6S. The lowest BCUT2D eigenvalue weighted by Crippen LogP contribution is -2.33. The number of nitro groups is 1. The maximum Gasteiger partial charge on any atom is 0.282 e. The quantitative estimate of drug-likeness (QED) is 0.277. The summed E-state index contributed by atoms with van der Waals surface area (Å²) in [4.78, 5) is 53.3. The van der Waals surface area contributed by atoms with Crippen molar-refractivity contribution in [1.82, 2.24) is 9.88 Å². The van der Waals surface area contributed by atoms with Crippen LogP contribution in [0.5, 0.6) is 5.75 Å². The van der Waals surface area contributed by atoms with Crippen LogP contribution < -0.4 is 10.1 Å². The lowest BCUT2D eigenvalue weighted by atomic mass is 10.1. The first-order chi connectivity index (χ1) is 16.4. The van der Waals surface area contributed by atoms with E-state index in [1.54, 1.807) is 5.38 Å². The summed E-state index contributed by atoms with van der Waals surface area (Å²) in [5, 5.41) is 16.0. The summed E-state index contributed by atoms with van der Waals surface area (Å²) < 4.78 is 5.57. The second-order valence-corrected chi connectivity index (χ2v) is 8.29. The van der Waals surface area contributed by atoms with Gasteiger partial charge in [0.1, 0.15) is 11.3 Å². The Morgan fingerprint density at radius 1 is 1.18 bits per heavy atom. The van der Waals surface area contributed by atoms with Crippen molar-refractivity contribution in [2.24, 2.45) is 0 Å². The van der Waals surface area contributed by atoms with Crippen molar-refractivity contribution >= 4 is 39.9 Å². The standard InChI is InChI=1S/C23H20N4O6S/c1-2-12-33-15-8-6-14(7-9-15)17-13-34-23(24-17)25-19(28)10-11-26-21(29)16-4-3-5-18(27(31)32)20(16)22(26)30/h3-9,13H,2,10-12H2,1H3,(H,24,25,28). The minimum Gasteiger partial charge on any atom is -0.494 e. The predicted octanol–water partition coefficient (Wildman–Crippen LogP) is 4.13. The van der Waals surface area contributed by atoms with Crippen LogP contribution in [-0.2, 0) is 4.79 Å². The number of nitrogens with zero attached hydrogens (tertiary/aromatic N) is 3. The van der Waals surface area contributed by atoms with Crippen LogP contribution in [0.25, 0.3) is 11.3 Å². The number of nitrogens with one attached hydrogen (secondary N) is 1. The Morgan fingerprint density at radius 3 is 2.65 bits per heavy atom. The number of imide groups is 1. The Kier molecular flexibility index (Phi) is 6.64. The van der Waals surface area contributed by atoms with Crippen LogP contribution in [0.3, 0.4) is 0 Å². The number of carbonyl (C=O) groups is 3. The Balaban J connectivity index is 1.36. The summed E-state index contributed by atoms with van der Waals surface area (Å²) >= 11 is 1.25. The van der Waals surface area contributed by atoms with E-state index in [0.717, 1.165) is 22.6 Å². The zero-order chi connectivity index (χ0) is 24.2. The summed E-state index contributed by atoms with van der Waals surface area (Å²) in [6, 6.07) is 11.4. The lowest BCUT2D eigenvalue weighted by molar-refractivity contribution is -0.385. The van der Waals surface area contributed by atoms with E-state index in [0.29, 0.717) is 17.4 Å². The van der Waals surface area contributed by atoms with Gasteiger partial charge in [-0.25, -0.2) is 4.98 Å². The Hall–Kier alpha value is -4.12. The molecule has 174 valence electrons. The summed E-state index contributed by atoms with van der Waals surface area (Å²) in [5.41, 5.74) is 0.857. The number of hydrogen-bond donors (Lipinski definition) is 1. The van der Waals surface area contributed by atoms with Crippen LogP contribution in [-0.4, -0.2) is 45.7 Å². The molecule has 1 N–H and O–H groups in total. The van der Waals surface area contributed by atoms with E-state index in [2.05, 4.69) is 10.3 Å². The average molecular weight is 481 g/mol. The largest absolute Gasteiger partial charge is 0.494 e. The van der Waals surface area contributed by atoms with Gasteiger partial charge in [-0.15, -0.1) is 11.3 Å². The average Bonchev–Trinajstić information content (AvgIpc) is 3.39. The van der Waals surface area contributed by atoms with Gasteiger partial charge in [-0.3, -0.25) is 29.4 Å². The fourth-order valence-corrected chi connectivity index (χ4v) is 4.21. The van der Waals surface area contributed by atoms with Crippen LogP contribution >= 0.6 is 11.3 Å². The minimum atomic E-state index is -0.775. The van der Waals surface area contributed by atoms with Crippen molar-refractivity contribution in [2.45, 2.75) is 19.8 Å². The third-order valence-corrected chi connectivity index (χ3v) is 5.87. The third-order valence-electron chi connectivity index (χ3n) is 5.11. The molecule has 1 aliphatic heterocycles. The molecule has 4 rings (SSSR count). The molecule has 0 spiro atoms. The summed E-state index contributed by atoms with van der Waals surface area (Å²) in [6.45, 7) is 2.47. The number of anilines is 1. The fourth-order valence-electron chi connectivity index (χ4n) is 3.47. The fraction of sp³-hybridized carbons (Fsp3) is 0.217. The number of benzene rings is 2. The molecule has 34 heavy (non-hydrogen) atoms. The molecule has 0 bridgehead atoms. The van der Waals surface area contributed by atoms with Crippen molar-refractivity contribution in [3.8, 4) is 17.0 Å². The van der Waals surface area contributed by atoms with Crippen molar-refractivity contribution in [2.75, 3.05) is 18.5 Å². The summed E-state index contributed by atoms with van der Waals surface area (Å²) in [5.74, 6) is -1.09. The van der Waals surface area contributed by atoms with Crippen molar-refractivity contribution in [3.63, 3.8) is 0 Å². The zero-order valence-corrected chi connectivity index (χ0v) is 19.0. The van der Waals surface area contributed by atoms with Crippen LogP contribution in [0, 0.1) is 10.1 Å². The van der Waals surface area contributed by atoms with E-state index in [4.69, 9.17) is 4.74 Å². The molecule has 10 nitrogen and oxygen atoms in total. The Bertz CT molecular complexity index is 1270. The van der Waals surface area contributed by atoms with E-state index in [1.807, 2.05) is 31.2 Å². The molecule has 0 fully saturated rings. The number of hydrogen-bond acceptors (Lipinski definition) is 8. The molecule has 1 aliphatic rings. The number of amides is 3. The van der Waals surface area contributed by atoms with Gasteiger partial charge in [-0.1, -0.05) is 13.0 Å². The van der Waals surface area contributed by atoms with Gasteiger partial charge in [0, 0.05) is 30.0 Å². The zero-order valence-electron chi connectivity index (χ0n) is 18.1. The monoisotopic (exact) mass is 480 g/mol. The normalized spacial score (nSPS) is 12.6. The molecule has 2 aromatic carbocycles. The first-order valence-electron chi connectivity index (χ1n) is 10.5. The predicted molar refractivity (Wildman–Crippen MR) is 125 cm³/mol. The van der Waals surface area contributed by atoms with Crippen LogP contribution in [0.15, 0.2) is 47.8 Å². The van der Waals surface area contributed by atoms with Gasteiger partial charge in [0.15, 0.2) is 5.13 Å². The van der Waals surface area contributed by atoms with Crippen molar-refractivity contribution < 1.29 is 24.0 Å². The van der Waals surface area contributed by atoms with Gasteiger partial charge in [0.05, 0.1) is 22.8 Å². The van der Waals surface area contributed by atoms with Gasteiger partial charge in [-0.2, -0.15) is 0 Å². The molecule has 0 radical (unpaired) electrons. The Morgan fingerprint density at radius 2 is 1.94 bits per heavy atom. The smallest absolute Gasteiger partial charge is 0.282 e. The molecule has 1 aromatic heterocycles. The van der Waals surface area contributed by atoms with E-state index in [1.165, 1.54) is 29.5 Å². The number of carbonyl (C=O) groups excluding carboxylic acids is 3. The highest BCUT2D eigenvalue weighted by Gasteiger charge is 2.40. The van der Waals surface area contributed by atoms with Crippen molar-refractivity contribution in [1.29, 1.82) is 0 Å². The summed E-state index contributed by atoms with van der Waals surface area (Å²) in [6.07, 6.45) is 0.751. The molecule has 0 saturated carbocycles. The molecule has 3 amide bonds. The van der Waals surface area contributed by atoms with Gasteiger partial charge < -0.3 is 10.1 Å². The van der Waals surface area contributed by atoms with Gasteiger partial charge in [0.2, 0.25) is 5.91 Å². The van der Waals surface area contributed by atoms with Crippen LogP contribution in [0.2, 0.25) is 0 Å². The van der Waals surface area contributed by atoms with E-state index in [-0.39, 0.29) is 24.1 Å². The molecule has 0 unspecified atom stereocenters. The first-order valence-corrected chi connectivity index (χ1v) is 11.4. The summed E-state index contributed by atoms with van der Waals surface area (Å²) in [7, 11) is 0. The number of aromatic nitrogens is 1. The number of ether oxygens (including phenoxy) is 1. The third kappa shape index (κ3) is 4.64. The molecule has 0 atom stereocenters. The van der Waals surface area contributed by atoms with Crippen LogP contribution in [0.4, 0.5) is 10.8 Å². The topological polar surface area (TPSA) is 132 Å². The van der Waals surface area contributed by atoms with Crippen molar-refractivity contribution in [3.05, 3.63) is 69.1 Å². The number of fused-ring (bicyclic) bond motifs is 1. The highest BCUT2D eigenvalue weighted by Crippen LogP contribution is 2.31. The molecule has 2 heterocycles. The van der Waals surface area contributed by atoms with Crippen LogP contribution in [0.1, 0.15) is 40.5 Å². The first kappa shape index (κ1) is 23.1. The molecule has 0 aliphatic carbocycles. The second kappa shape index (κ2) is 9.79. The second-order valence-electron chi connectivity index (χ2n) is 7.43. The van der Waals surface area contributed by atoms with E-state index in [9.17, 15) is 24.5 Å². The molecule has 3 aromatic rings. The maximum absolute atomic E-state index is 12.6. The Labute approximate surface area is 198 Å². The SMILES string of the molecule is CCCOc1ccc(-c2csc(NC(=O)CCN3C(=O)c4cccc([N+](=O)[O-])c4C3=O)n2)cc1. The highest BCUT2D eigenvalue weighted by molar-refractivity contribution is 7.14. The minimum absolute atomic E-state index is 0.0321. The van der Waals surface area contributed by atoms with Gasteiger partial charge >= 0.3 is 0 Å². The highest BCUT2D eigenvalue weighted by atomic mass is 32.1. The molecular weight excluding hydrogens is 460 g/mol. The lowest BCUT2D eigenvalue weighted by Gasteiger charge is -2.12. The molecule has 11 heteroatoms. The maximum atomic E-state index is 12.6. The van der Waals surface area contributed by atoms with E-state index < -0.39 is 28.3 Å².